The molecule has 1 aromatic heterocycles. The Balaban J connectivity index is 1.89. The molecule has 0 bridgehead atoms. The van der Waals surface area contributed by atoms with Gasteiger partial charge in [-0.2, -0.15) is 0 Å². The van der Waals surface area contributed by atoms with Crippen molar-refractivity contribution in [2.45, 2.75) is 51.0 Å². The van der Waals surface area contributed by atoms with Crippen molar-refractivity contribution in [2.24, 2.45) is 17.6 Å². The van der Waals surface area contributed by atoms with Crippen LogP contribution in [0, 0.1) is 11.8 Å². The molecule has 2 saturated carbocycles. The summed E-state index contributed by atoms with van der Waals surface area (Å²) >= 11 is 0. The molecule has 3 rings (SSSR count). The molecule has 1 aromatic rings. The van der Waals surface area contributed by atoms with Gasteiger partial charge in [0.05, 0.1) is 0 Å². The molecular formula is C14H21N3O. The van der Waals surface area contributed by atoms with Crippen molar-refractivity contribution in [3.05, 3.63) is 27.9 Å². The zero-order valence-electron chi connectivity index (χ0n) is 10.7. The first-order valence-electron chi connectivity index (χ1n) is 7.07. The molecule has 3 N–H and O–H groups in total. The van der Waals surface area contributed by atoms with E-state index >= 15 is 0 Å². The maximum Gasteiger partial charge on any atom is 0.255 e. The summed E-state index contributed by atoms with van der Waals surface area (Å²) in [4.78, 5) is 19.3. The zero-order chi connectivity index (χ0) is 12.5. The highest BCUT2D eigenvalue weighted by molar-refractivity contribution is 5.11. The summed E-state index contributed by atoms with van der Waals surface area (Å²) < 4.78 is 0. The Labute approximate surface area is 107 Å². The number of hydrogen-bond donors (Lipinski definition) is 2. The van der Waals surface area contributed by atoms with Crippen LogP contribution in [-0.2, 0) is 6.54 Å². The number of rotatable bonds is 4. The van der Waals surface area contributed by atoms with Gasteiger partial charge in [0.15, 0.2) is 0 Å². The molecule has 4 heteroatoms. The summed E-state index contributed by atoms with van der Waals surface area (Å²) in [6.45, 7) is 0.264. The predicted molar refractivity (Wildman–Crippen MR) is 70.2 cm³/mol. The Morgan fingerprint density at radius 1 is 1.28 bits per heavy atom. The quantitative estimate of drug-likeness (QED) is 0.853. The molecular weight excluding hydrogens is 226 g/mol. The van der Waals surface area contributed by atoms with Crippen molar-refractivity contribution in [1.29, 1.82) is 0 Å². The molecule has 0 spiro atoms. The molecule has 2 aliphatic carbocycles. The molecule has 0 saturated heterocycles. The molecule has 0 unspecified atom stereocenters. The molecule has 0 radical (unpaired) electrons. The highest BCUT2D eigenvalue weighted by Crippen LogP contribution is 2.48. The van der Waals surface area contributed by atoms with Crippen molar-refractivity contribution in [3.8, 4) is 0 Å². The summed E-state index contributed by atoms with van der Waals surface area (Å²) in [7, 11) is 0. The summed E-state index contributed by atoms with van der Waals surface area (Å²) in [5.41, 5.74) is 6.04. The summed E-state index contributed by atoms with van der Waals surface area (Å²) in [6, 6.07) is 0. The summed E-state index contributed by atoms with van der Waals surface area (Å²) in [5.74, 6) is 2.86. The van der Waals surface area contributed by atoms with E-state index in [9.17, 15) is 4.79 Å². The Morgan fingerprint density at radius 3 is 2.28 bits per heavy atom. The Bertz CT molecular complexity index is 460. The molecule has 0 aromatic carbocycles. The van der Waals surface area contributed by atoms with Gasteiger partial charge in [-0.3, -0.25) is 4.79 Å². The van der Waals surface area contributed by atoms with E-state index in [1.807, 2.05) is 0 Å². The topological polar surface area (TPSA) is 71.8 Å². The van der Waals surface area contributed by atoms with E-state index in [0.717, 1.165) is 17.7 Å². The van der Waals surface area contributed by atoms with E-state index in [1.54, 1.807) is 6.20 Å². The molecule has 1 heterocycles. The fraction of sp³-hybridized carbons (Fsp3) is 0.714. The lowest BCUT2D eigenvalue weighted by Gasteiger charge is -2.41. The number of hydrogen-bond acceptors (Lipinski definition) is 3. The first kappa shape index (κ1) is 11.9. The van der Waals surface area contributed by atoms with E-state index < -0.39 is 0 Å². The Kier molecular flexibility index (Phi) is 3.20. The van der Waals surface area contributed by atoms with Crippen molar-refractivity contribution < 1.29 is 0 Å². The smallest absolute Gasteiger partial charge is 0.255 e. The van der Waals surface area contributed by atoms with E-state index in [1.165, 1.54) is 38.5 Å². The van der Waals surface area contributed by atoms with Crippen LogP contribution in [0.2, 0.25) is 0 Å². The summed E-state index contributed by atoms with van der Waals surface area (Å²) in [5, 5.41) is 0. The van der Waals surface area contributed by atoms with Gasteiger partial charge in [-0.1, -0.05) is 12.8 Å². The van der Waals surface area contributed by atoms with Gasteiger partial charge in [-0.25, -0.2) is 4.98 Å². The predicted octanol–water partition coefficient (Wildman–Crippen LogP) is 1.91. The second-order valence-corrected chi connectivity index (χ2v) is 5.73. The van der Waals surface area contributed by atoms with Crippen LogP contribution in [0.3, 0.4) is 0 Å². The first-order chi connectivity index (χ1) is 8.79. The lowest BCUT2D eigenvalue weighted by molar-refractivity contribution is 0.143. The molecule has 0 aliphatic heterocycles. The minimum Gasteiger partial charge on any atom is -0.326 e. The van der Waals surface area contributed by atoms with Gasteiger partial charge in [-0.05, 0) is 37.5 Å². The highest BCUT2D eigenvalue weighted by Gasteiger charge is 2.38. The number of nitrogens with two attached hydrogens (primary N) is 1. The number of H-pyrrole nitrogens is 1. The maximum absolute atomic E-state index is 11.9. The third-order valence-corrected chi connectivity index (χ3v) is 4.74. The average molecular weight is 247 g/mol. The van der Waals surface area contributed by atoms with Gasteiger partial charge in [0, 0.05) is 24.2 Å². The fourth-order valence-corrected chi connectivity index (χ4v) is 3.18. The number of nitrogens with zero attached hydrogens (tertiary/aromatic N) is 1. The van der Waals surface area contributed by atoms with Gasteiger partial charge >= 0.3 is 0 Å². The van der Waals surface area contributed by atoms with Crippen LogP contribution in [0.1, 0.15) is 55.8 Å². The first-order valence-corrected chi connectivity index (χ1v) is 7.07. The molecule has 2 fully saturated rings. The van der Waals surface area contributed by atoms with Gasteiger partial charge in [0.25, 0.3) is 5.56 Å². The molecule has 0 amide bonds. The Morgan fingerprint density at radius 2 is 1.89 bits per heavy atom. The normalized spacial score (nSPS) is 20.8. The van der Waals surface area contributed by atoms with Crippen LogP contribution < -0.4 is 11.3 Å². The van der Waals surface area contributed by atoms with Gasteiger partial charge < -0.3 is 10.7 Å². The maximum atomic E-state index is 11.9. The van der Waals surface area contributed by atoms with Crippen molar-refractivity contribution in [3.63, 3.8) is 0 Å². The van der Waals surface area contributed by atoms with Crippen molar-refractivity contribution in [2.75, 3.05) is 0 Å². The monoisotopic (exact) mass is 247 g/mol. The van der Waals surface area contributed by atoms with Gasteiger partial charge in [0.1, 0.15) is 5.82 Å². The van der Waals surface area contributed by atoms with Crippen LogP contribution in [0.15, 0.2) is 11.0 Å². The highest BCUT2D eigenvalue weighted by atomic mass is 16.1. The van der Waals surface area contributed by atoms with E-state index in [-0.39, 0.29) is 12.1 Å². The molecule has 98 valence electrons. The standard InChI is InChI=1S/C14H21N3O/c15-7-11-8-16-13(17-14(11)18)12(9-3-1-4-9)10-5-2-6-10/h8-10,12H,1-7,15H2,(H,16,17,18). The van der Waals surface area contributed by atoms with Crippen LogP contribution in [0.5, 0.6) is 0 Å². The van der Waals surface area contributed by atoms with Gasteiger partial charge in [0.2, 0.25) is 0 Å². The number of aromatic nitrogens is 2. The van der Waals surface area contributed by atoms with Crippen LogP contribution >= 0.6 is 0 Å². The molecule has 2 aliphatic rings. The lowest BCUT2D eigenvalue weighted by Crippen LogP contribution is -2.33. The second kappa shape index (κ2) is 4.84. The number of nitrogens with one attached hydrogen (secondary N) is 1. The number of aromatic amines is 1. The van der Waals surface area contributed by atoms with Crippen LogP contribution in [-0.4, -0.2) is 9.97 Å². The van der Waals surface area contributed by atoms with Crippen LogP contribution in [0.4, 0.5) is 0 Å². The lowest BCUT2D eigenvalue weighted by atomic mass is 9.64. The van der Waals surface area contributed by atoms with E-state index in [4.69, 9.17) is 5.73 Å². The van der Waals surface area contributed by atoms with Crippen molar-refractivity contribution in [1.82, 2.24) is 9.97 Å². The minimum atomic E-state index is -0.0499. The largest absolute Gasteiger partial charge is 0.326 e. The van der Waals surface area contributed by atoms with Gasteiger partial charge in [-0.15, -0.1) is 0 Å². The Hall–Kier alpha value is -1.16. The van der Waals surface area contributed by atoms with Crippen molar-refractivity contribution >= 4 is 0 Å². The minimum absolute atomic E-state index is 0.0499. The SMILES string of the molecule is NCc1cnc(C(C2CCC2)C2CCC2)[nH]c1=O. The summed E-state index contributed by atoms with van der Waals surface area (Å²) in [6.07, 6.45) is 9.51. The third kappa shape index (κ3) is 1.99. The molecule has 18 heavy (non-hydrogen) atoms. The third-order valence-electron chi connectivity index (χ3n) is 4.74. The average Bonchev–Trinajstić information content (AvgIpc) is 2.23. The molecule has 4 nitrogen and oxygen atoms in total. The van der Waals surface area contributed by atoms with E-state index in [0.29, 0.717) is 11.5 Å². The van der Waals surface area contributed by atoms with E-state index in [2.05, 4.69) is 9.97 Å². The zero-order valence-corrected chi connectivity index (χ0v) is 10.7. The molecule has 0 atom stereocenters. The fourth-order valence-electron chi connectivity index (χ4n) is 3.18. The second-order valence-electron chi connectivity index (χ2n) is 5.73. The van der Waals surface area contributed by atoms with Crippen LogP contribution in [0.25, 0.3) is 0 Å².